The first kappa shape index (κ1) is 14.5. The van der Waals surface area contributed by atoms with Gasteiger partial charge < -0.3 is 15.0 Å². The molecule has 0 radical (unpaired) electrons. The zero-order chi connectivity index (χ0) is 13.5. The standard InChI is InChI=1S/C15H26N2O2/c1-19-12-15(18)17-9-7-14(8-10-17)16-11-13-5-3-2-4-6-13/h2-3,13-14,16H,4-12H2,1H3. The van der Waals surface area contributed by atoms with Crippen LogP contribution in [0.2, 0.25) is 0 Å². The average Bonchev–Trinajstić information content (AvgIpc) is 2.47. The zero-order valence-corrected chi connectivity index (χ0v) is 11.9. The number of hydrogen-bond donors (Lipinski definition) is 1. The third-order valence-electron chi connectivity index (χ3n) is 4.19. The summed E-state index contributed by atoms with van der Waals surface area (Å²) >= 11 is 0. The maximum absolute atomic E-state index is 11.7. The van der Waals surface area contributed by atoms with E-state index < -0.39 is 0 Å². The number of ether oxygens (including phenoxy) is 1. The Hall–Kier alpha value is -0.870. The van der Waals surface area contributed by atoms with Gasteiger partial charge in [-0.3, -0.25) is 4.79 Å². The molecular formula is C15H26N2O2. The minimum atomic E-state index is 0.123. The van der Waals surface area contributed by atoms with Gasteiger partial charge in [-0.25, -0.2) is 0 Å². The number of rotatable bonds is 5. The Kier molecular flexibility index (Phi) is 5.86. The van der Waals surface area contributed by atoms with Crippen LogP contribution in [-0.2, 0) is 9.53 Å². The molecule has 0 aromatic rings. The monoisotopic (exact) mass is 266 g/mol. The van der Waals surface area contributed by atoms with Crippen molar-refractivity contribution in [2.75, 3.05) is 33.4 Å². The van der Waals surface area contributed by atoms with E-state index in [2.05, 4.69) is 17.5 Å². The molecule has 1 N–H and O–H groups in total. The minimum Gasteiger partial charge on any atom is -0.375 e. The normalized spacial score (nSPS) is 24.7. The molecule has 1 saturated heterocycles. The predicted molar refractivity (Wildman–Crippen MR) is 76.0 cm³/mol. The lowest BCUT2D eigenvalue weighted by Gasteiger charge is -2.33. The lowest BCUT2D eigenvalue weighted by molar-refractivity contribution is -0.136. The van der Waals surface area contributed by atoms with Crippen molar-refractivity contribution >= 4 is 5.91 Å². The molecule has 1 fully saturated rings. The van der Waals surface area contributed by atoms with E-state index in [0.29, 0.717) is 6.04 Å². The Balaban J connectivity index is 1.63. The maximum Gasteiger partial charge on any atom is 0.248 e. The van der Waals surface area contributed by atoms with Gasteiger partial charge in [0.1, 0.15) is 6.61 Å². The van der Waals surface area contributed by atoms with E-state index in [0.717, 1.165) is 38.4 Å². The Morgan fingerprint density at radius 3 is 2.74 bits per heavy atom. The van der Waals surface area contributed by atoms with Crippen LogP contribution >= 0.6 is 0 Å². The maximum atomic E-state index is 11.7. The van der Waals surface area contributed by atoms with Crippen molar-refractivity contribution < 1.29 is 9.53 Å². The van der Waals surface area contributed by atoms with Gasteiger partial charge in [0.05, 0.1) is 0 Å². The lowest BCUT2D eigenvalue weighted by atomic mass is 9.93. The molecule has 4 nitrogen and oxygen atoms in total. The summed E-state index contributed by atoms with van der Waals surface area (Å²) in [7, 11) is 1.57. The Bertz CT molecular complexity index is 309. The first-order valence-electron chi connectivity index (χ1n) is 7.44. The van der Waals surface area contributed by atoms with Crippen LogP contribution < -0.4 is 5.32 Å². The fourth-order valence-corrected chi connectivity index (χ4v) is 2.92. The van der Waals surface area contributed by atoms with Crippen molar-refractivity contribution in [3.05, 3.63) is 12.2 Å². The molecule has 19 heavy (non-hydrogen) atoms. The summed E-state index contributed by atoms with van der Waals surface area (Å²) < 4.78 is 4.90. The van der Waals surface area contributed by atoms with Crippen LogP contribution in [0.4, 0.5) is 0 Å². The number of allylic oxidation sites excluding steroid dienone is 2. The summed E-state index contributed by atoms with van der Waals surface area (Å²) in [5.41, 5.74) is 0. The number of amides is 1. The molecule has 1 unspecified atom stereocenters. The average molecular weight is 266 g/mol. The molecule has 1 amide bonds. The van der Waals surface area contributed by atoms with Crippen molar-refractivity contribution in [2.45, 2.75) is 38.1 Å². The molecule has 0 bridgehead atoms. The van der Waals surface area contributed by atoms with Crippen molar-refractivity contribution in [1.29, 1.82) is 0 Å². The highest BCUT2D eigenvalue weighted by atomic mass is 16.5. The zero-order valence-electron chi connectivity index (χ0n) is 11.9. The van der Waals surface area contributed by atoms with Gasteiger partial charge in [-0.15, -0.1) is 0 Å². The summed E-state index contributed by atoms with van der Waals surface area (Å²) in [5, 5.41) is 3.68. The number of likely N-dealkylation sites (tertiary alicyclic amines) is 1. The van der Waals surface area contributed by atoms with Gasteiger partial charge in [-0.05, 0) is 44.6 Å². The van der Waals surface area contributed by atoms with E-state index in [1.807, 2.05) is 4.90 Å². The van der Waals surface area contributed by atoms with Crippen LogP contribution in [-0.4, -0.2) is 50.2 Å². The number of piperidine rings is 1. The predicted octanol–water partition coefficient (Wildman–Crippen LogP) is 1.57. The van der Waals surface area contributed by atoms with Crippen LogP contribution in [0.1, 0.15) is 32.1 Å². The third-order valence-corrected chi connectivity index (χ3v) is 4.19. The minimum absolute atomic E-state index is 0.123. The van der Waals surface area contributed by atoms with E-state index in [1.165, 1.54) is 19.3 Å². The molecule has 2 aliphatic rings. The van der Waals surface area contributed by atoms with E-state index in [4.69, 9.17) is 4.74 Å². The molecular weight excluding hydrogens is 240 g/mol. The highest BCUT2D eigenvalue weighted by Gasteiger charge is 2.22. The number of hydrogen-bond acceptors (Lipinski definition) is 3. The molecule has 0 aromatic heterocycles. The number of nitrogens with zero attached hydrogens (tertiary/aromatic N) is 1. The Labute approximate surface area is 116 Å². The van der Waals surface area contributed by atoms with Crippen LogP contribution in [0.3, 0.4) is 0 Å². The molecule has 1 aliphatic heterocycles. The van der Waals surface area contributed by atoms with Crippen molar-refractivity contribution in [2.24, 2.45) is 5.92 Å². The van der Waals surface area contributed by atoms with E-state index in [9.17, 15) is 4.79 Å². The van der Waals surface area contributed by atoms with Crippen molar-refractivity contribution in [3.63, 3.8) is 0 Å². The van der Waals surface area contributed by atoms with Gasteiger partial charge in [-0.2, -0.15) is 0 Å². The molecule has 4 heteroatoms. The van der Waals surface area contributed by atoms with Crippen LogP contribution in [0.5, 0.6) is 0 Å². The quantitative estimate of drug-likeness (QED) is 0.768. The first-order chi connectivity index (χ1) is 9.29. The number of nitrogens with one attached hydrogen (secondary N) is 1. The lowest BCUT2D eigenvalue weighted by Crippen LogP contribution is -2.46. The van der Waals surface area contributed by atoms with Gasteiger partial charge in [0.2, 0.25) is 5.91 Å². The summed E-state index contributed by atoms with van der Waals surface area (Å²) in [6, 6.07) is 0.581. The first-order valence-corrected chi connectivity index (χ1v) is 7.44. The summed E-state index contributed by atoms with van der Waals surface area (Å²) in [6.07, 6.45) is 10.5. The molecule has 0 spiro atoms. The van der Waals surface area contributed by atoms with Gasteiger partial charge >= 0.3 is 0 Å². The van der Waals surface area contributed by atoms with Gasteiger partial charge in [0, 0.05) is 26.2 Å². The topological polar surface area (TPSA) is 41.6 Å². The summed E-state index contributed by atoms with van der Waals surface area (Å²) in [6.45, 7) is 3.07. The van der Waals surface area contributed by atoms with E-state index in [1.54, 1.807) is 7.11 Å². The molecule has 0 saturated carbocycles. The second-order valence-corrected chi connectivity index (χ2v) is 5.65. The SMILES string of the molecule is COCC(=O)N1CCC(NCC2CC=CCC2)CC1. The van der Waals surface area contributed by atoms with Gasteiger partial charge in [-0.1, -0.05) is 12.2 Å². The Morgan fingerprint density at radius 2 is 2.11 bits per heavy atom. The molecule has 0 aromatic carbocycles. The molecule has 1 aliphatic carbocycles. The summed E-state index contributed by atoms with van der Waals surface area (Å²) in [4.78, 5) is 13.6. The molecule has 1 atom stereocenters. The third kappa shape index (κ3) is 4.62. The van der Waals surface area contributed by atoms with Crippen molar-refractivity contribution in [3.8, 4) is 0 Å². The fraction of sp³-hybridized carbons (Fsp3) is 0.800. The smallest absolute Gasteiger partial charge is 0.248 e. The number of carbonyl (C=O) groups is 1. The second kappa shape index (κ2) is 7.65. The Morgan fingerprint density at radius 1 is 1.32 bits per heavy atom. The highest BCUT2D eigenvalue weighted by molar-refractivity contribution is 5.77. The van der Waals surface area contributed by atoms with Crippen LogP contribution in [0.15, 0.2) is 12.2 Å². The second-order valence-electron chi connectivity index (χ2n) is 5.65. The molecule has 108 valence electrons. The number of methoxy groups -OCH3 is 1. The van der Waals surface area contributed by atoms with Crippen LogP contribution in [0, 0.1) is 5.92 Å². The van der Waals surface area contributed by atoms with Gasteiger partial charge in [0.25, 0.3) is 0 Å². The number of carbonyl (C=O) groups excluding carboxylic acids is 1. The van der Waals surface area contributed by atoms with Gasteiger partial charge in [0.15, 0.2) is 0 Å². The van der Waals surface area contributed by atoms with E-state index in [-0.39, 0.29) is 12.5 Å². The van der Waals surface area contributed by atoms with Crippen molar-refractivity contribution in [1.82, 2.24) is 10.2 Å². The highest BCUT2D eigenvalue weighted by Crippen LogP contribution is 2.18. The summed E-state index contributed by atoms with van der Waals surface area (Å²) in [5.74, 6) is 0.927. The molecule has 1 heterocycles. The van der Waals surface area contributed by atoms with E-state index >= 15 is 0 Å². The fourth-order valence-electron chi connectivity index (χ4n) is 2.92. The molecule has 2 rings (SSSR count). The van der Waals surface area contributed by atoms with Crippen LogP contribution in [0.25, 0.3) is 0 Å². The largest absolute Gasteiger partial charge is 0.375 e.